The zero-order valence-electron chi connectivity index (χ0n) is 27.6. The Morgan fingerprint density at radius 2 is 1.14 bits per heavy atom. The fraction of sp³-hybridized carbons (Fsp3) is 0.714. The lowest BCUT2D eigenvalue weighted by atomic mass is 9.74. The quantitative estimate of drug-likeness (QED) is 0.262. The van der Waals surface area contributed by atoms with Gasteiger partial charge >= 0.3 is 11.9 Å². The van der Waals surface area contributed by atoms with Crippen LogP contribution in [0.1, 0.15) is 138 Å². The van der Waals surface area contributed by atoms with Gasteiger partial charge in [-0.15, -0.1) is 22.7 Å². The van der Waals surface area contributed by atoms with Crippen molar-refractivity contribution in [3.63, 3.8) is 0 Å². The molecule has 2 saturated carbocycles. The Hall–Kier alpha value is -1.70. The molecule has 2 heterocycles. The number of methoxy groups -OCH3 is 2. The van der Waals surface area contributed by atoms with Gasteiger partial charge in [0, 0.05) is 26.6 Å². The molecule has 7 heteroatoms. The van der Waals surface area contributed by atoms with E-state index >= 15 is 0 Å². The molecule has 0 radical (unpaired) electrons. The molecule has 0 bridgehead atoms. The van der Waals surface area contributed by atoms with E-state index in [2.05, 4.69) is 53.6 Å². The molecule has 4 rings (SSSR count). The molecule has 0 N–H and O–H groups in total. The Morgan fingerprint density at radius 1 is 0.762 bits per heavy atom. The highest BCUT2D eigenvalue weighted by Gasteiger charge is 2.32. The SMILES string of the molecule is CCC(c1scc(C(=O)OC)c1C)C1CCC(C)CC1.CCC(c1scc(C(=O)OC)c1C)C1CCC(N(C)C)CC1. The van der Waals surface area contributed by atoms with Crippen molar-refractivity contribution in [2.24, 2.45) is 17.8 Å². The van der Waals surface area contributed by atoms with Crippen molar-refractivity contribution in [3.8, 4) is 0 Å². The third-order valence-corrected chi connectivity index (χ3v) is 12.6. The Labute approximate surface area is 263 Å². The van der Waals surface area contributed by atoms with Crippen LogP contribution in [0, 0.1) is 31.6 Å². The molecule has 236 valence electrons. The maximum Gasteiger partial charge on any atom is 0.338 e. The van der Waals surface area contributed by atoms with Crippen LogP contribution in [0.25, 0.3) is 0 Å². The number of carbonyl (C=O) groups excluding carboxylic acids is 2. The largest absolute Gasteiger partial charge is 0.465 e. The smallest absolute Gasteiger partial charge is 0.338 e. The highest BCUT2D eigenvalue weighted by molar-refractivity contribution is 7.10. The van der Waals surface area contributed by atoms with E-state index < -0.39 is 0 Å². The van der Waals surface area contributed by atoms with E-state index in [0.717, 1.165) is 52.5 Å². The average molecular weight is 618 g/mol. The average Bonchev–Trinajstić information content (AvgIpc) is 3.57. The maximum absolute atomic E-state index is 11.8. The van der Waals surface area contributed by atoms with Gasteiger partial charge in [-0.3, -0.25) is 0 Å². The second kappa shape index (κ2) is 16.4. The molecule has 2 aromatic rings. The number of nitrogens with zero attached hydrogens (tertiary/aromatic N) is 1. The normalized spacial score (nSPS) is 24.0. The molecule has 0 amide bonds. The molecule has 2 fully saturated rings. The molecule has 0 aromatic carbocycles. The van der Waals surface area contributed by atoms with E-state index in [-0.39, 0.29) is 11.9 Å². The Morgan fingerprint density at radius 3 is 1.48 bits per heavy atom. The summed E-state index contributed by atoms with van der Waals surface area (Å²) in [5, 5.41) is 3.95. The van der Waals surface area contributed by atoms with Gasteiger partial charge in [-0.25, -0.2) is 9.59 Å². The van der Waals surface area contributed by atoms with Crippen LogP contribution in [0.2, 0.25) is 0 Å². The van der Waals surface area contributed by atoms with Crippen molar-refractivity contribution in [2.75, 3.05) is 28.3 Å². The minimum atomic E-state index is -0.203. The fourth-order valence-electron chi connectivity index (χ4n) is 7.39. The zero-order valence-corrected chi connectivity index (χ0v) is 29.2. The summed E-state index contributed by atoms with van der Waals surface area (Å²) < 4.78 is 9.76. The van der Waals surface area contributed by atoms with Crippen LogP contribution < -0.4 is 0 Å². The number of carbonyl (C=O) groups is 2. The highest BCUT2D eigenvalue weighted by atomic mass is 32.1. The van der Waals surface area contributed by atoms with E-state index in [9.17, 15) is 9.59 Å². The van der Waals surface area contributed by atoms with Gasteiger partial charge in [-0.05, 0) is 120 Å². The van der Waals surface area contributed by atoms with Crippen molar-refractivity contribution >= 4 is 34.6 Å². The molecular formula is C35H55NO4S2. The summed E-state index contributed by atoms with van der Waals surface area (Å²) in [6.45, 7) is 11.1. The fourth-order valence-corrected chi connectivity index (χ4v) is 10.1. The van der Waals surface area contributed by atoms with Crippen molar-refractivity contribution in [1.29, 1.82) is 0 Å². The second-order valence-electron chi connectivity index (χ2n) is 12.8. The number of thiophene rings is 2. The zero-order chi connectivity index (χ0) is 31.0. The van der Waals surface area contributed by atoms with E-state index in [1.54, 1.807) is 22.7 Å². The molecule has 2 unspecified atom stereocenters. The molecule has 2 aliphatic carbocycles. The van der Waals surface area contributed by atoms with Gasteiger partial charge in [-0.1, -0.05) is 33.6 Å². The first-order chi connectivity index (χ1) is 20.1. The topological polar surface area (TPSA) is 55.8 Å². The van der Waals surface area contributed by atoms with Crippen molar-refractivity contribution in [3.05, 3.63) is 42.8 Å². The summed E-state index contributed by atoms with van der Waals surface area (Å²) in [6.07, 6.45) is 12.9. The lowest BCUT2D eigenvalue weighted by Gasteiger charge is -2.36. The van der Waals surface area contributed by atoms with Crippen LogP contribution in [0.3, 0.4) is 0 Å². The van der Waals surface area contributed by atoms with Crippen molar-refractivity contribution in [1.82, 2.24) is 4.90 Å². The summed E-state index contributed by atoms with van der Waals surface area (Å²) in [7, 11) is 7.29. The third-order valence-electron chi connectivity index (χ3n) is 10.2. The first kappa shape index (κ1) is 34.8. The lowest BCUT2D eigenvalue weighted by Crippen LogP contribution is -2.33. The van der Waals surface area contributed by atoms with E-state index in [4.69, 9.17) is 9.47 Å². The summed E-state index contributed by atoms with van der Waals surface area (Å²) in [5.74, 6) is 3.24. The van der Waals surface area contributed by atoms with Crippen LogP contribution in [-0.2, 0) is 9.47 Å². The van der Waals surface area contributed by atoms with Gasteiger partial charge in [-0.2, -0.15) is 0 Å². The summed E-state index contributed by atoms with van der Waals surface area (Å²) in [4.78, 5) is 28.8. The van der Waals surface area contributed by atoms with Gasteiger partial charge in [0.05, 0.1) is 25.3 Å². The Kier molecular flexibility index (Phi) is 13.6. The van der Waals surface area contributed by atoms with E-state index in [1.165, 1.54) is 81.8 Å². The van der Waals surface area contributed by atoms with Gasteiger partial charge < -0.3 is 14.4 Å². The first-order valence-corrected chi connectivity index (χ1v) is 17.8. The van der Waals surface area contributed by atoms with Gasteiger partial charge in [0.1, 0.15) is 0 Å². The molecule has 0 saturated heterocycles. The van der Waals surface area contributed by atoms with Gasteiger partial charge in [0.15, 0.2) is 0 Å². The van der Waals surface area contributed by atoms with Gasteiger partial charge in [0.2, 0.25) is 0 Å². The number of hydrogen-bond donors (Lipinski definition) is 0. The number of rotatable bonds is 9. The monoisotopic (exact) mass is 617 g/mol. The van der Waals surface area contributed by atoms with Crippen LogP contribution in [0.4, 0.5) is 0 Å². The van der Waals surface area contributed by atoms with Gasteiger partial charge in [0.25, 0.3) is 0 Å². The molecule has 0 spiro atoms. The highest BCUT2D eigenvalue weighted by Crippen LogP contribution is 2.44. The predicted molar refractivity (Wildman–Crippen MR) is 177 cm³/mol. The molecular weight excluding hydrogens is 563 g/mol. The van der Waals surface area contributed by atoms with Crippen molar-refractivity contribution < 1.29 is 19.1 Å². The minimum absolute atomic E-state index is 0.197. The van der Waals surface area contributed by atoms with Crippen molar-refractivity contribution in [2.45, 2.75) is 117 Å². The number of esters is 2. The molecule has 2 aliphatic rings. The Balaban J connectivity index is 0.000000231. The molecule has 42 heavy (non-hydrogen) atoms. The lowest BCUT2D eigenvalue weighted by molar-refractivity contribution is 0.0591. The summed E-state index contributed by atoms with van der Waals surface area (Å²) in [5.41, 5.74) is 3.80. The summed E-state index contributed by atoms with van der Waals surface area (Å²) >= 11 is 3.49. The standard InChI is InChI=1S/C18H29NO2S.C17H26O2S/c1-6-15(13-7-9-14(10-8-13)19(3)4)17-12(2)16(11-22-17)18(20)21-5;1-5-14(13-8-6-11(2)7-9-13)16-12(3)15(10-20-16)17(18)19-4/h11,13-15H,6-10H2,1-5H3;10-11,13-14H,5-9H2,1-4H3. The number of hydrogen-bond acceptors (Lipinski definition) is 7. The predicted octanol–water partition coefficient (Wildman–Crippen LogP) is 9.62. The number of ether oxygens (including phenoxy) is 2. The maximum atomic E-state index is 11.8. The van der Waals surface area contributed by atoms with E-state index in [1.807, 2.05) is 10.8 Å². The van der Waals surface area contributed by atoms with Crippen LogP contribution in [0.5, 0.6) is 0 Å². The molecule has 2 atom stereocenters. The third kappa shape index (κ3) is 8.26. The molecule has 0 aliphatic heterocycles. The first-order valence-electron chi connectivity index (χ1n) is 16.1. The Bertz CT molecular complexity index is 1140. The summed E-state index contributed by atoms with van der Waals surface area (Å²) in [6, 6.07) is 0.740. The minimum Gasteiger partial charge on any atom is -0.465 e. The molecule has 2 aromatic heterocycles. The van der Waals surface area contributed by atoms with Crippen LogP contribution >= 0.6 is 22.7 Å². The molecule has 5 nitrogen and oxygen atoms in total. The second-order valence-corrected chi connectivity index (χ2v) is 14.7. The van der Waals surface area contributed by atoms with Crippen LogP contribution in [0.15, 0.2) is 10.8 Å². The van der Waals surface area contributed by atoms with Crippen LogP contribution in [-0.4, -0.2) is 51.2 Å². The van der Waals surface area contributed by atoms with E-state index in [0.29, 0.717) is 11.8 Å².